The molecule has 0 aromatic carbocycles. The predicted molar refractivity (Wildman–Crippen MR) is 76.7 cm³/mol. The number of aliphatic hydroxyl groups excluding tert-OH is 1. The summed E-state index contributed by atoms with van der Waals surface area (Å²) in [5.74, 6) is -1.15. The largest absolute Gasteiger partial charge is 0.477 e. The predicted octanol–water partition coefficient (Wildman–Crippen LogP) is 1.58. The molecule has 0 spiro atoms. The second-order valence-electron chi connectivity index (χ2n) is 4.59. The smallest absolute Gasteiger partial charge is 0.345 e. The molecule has 0 amide bonds. The summed E-state index contributed by atoms with van der Waals surface area (Å²) in [5, 5.41) is 18.3. The zero-order valence-corrected chi connectivity index (χ0v) is 13.3. The molecule has 3 N–H and O–H groups in total. The van der Waals surface area contributed by atoms with Crippen LogP contribution in [0.5, 0.6) is 0 Å². The van der Waals surface area contributed by atoms with Gasteiger partial charge >= 0.3 is 5.97 Å². The van der Waals surface area contributed by atoms with Crippen LogP contribution in [0.25, 0.3) is 0 Å². The molecule has 1 heterocycles. The molecule has 8 heteroatoms. The van der Waals surface area contributed by atoms with Crippen molar-refractivity contribution in [2.24, 2.45) is 0 Å². The Labute approximate surface area is 122 Å². The molecule has 0 radical (unpaired) electrons. The molecule has 0 fully saturated rings. The van der Waals surface area contributed by atoms with Gasteiger partial charge in [0.05, 0.1) is 17.0 Å². The number of sulfonamides is 1. The maximum absolute atomic E-state index is 12.4. The van der Waals surface area contributed by atoms with Gasteiger partial charge in [0.15, 0.2) is 0 Å². The molecular weight excluding hydrogens is 302 g/mol. The fraction of sp³-hybridized carbons (Fsp3) is 0.583. The van der Waals surface area contributed by atoms with Crippen LogP contribution in [0.2, 0.25) is 0 Å². The number of aromatic carboxylic acids is 1. The Kier molecular flexibility index (Phi) is 5.31. The third kappa shape index (κ3) is 3.38. The van der Waals surface area contributed by atoms with Gasteiger partial charge in [-0.1, -0.05) is 13.8 Å². The fourth-order valence-electron chi connectivity index (χ4n) is 1.83. The first-order valence-electron chi connectivity index (χ1n) is 6.20. The van der Waals surface area contributed by atoms with Crippen molar-refractivity contribution in [3.05, 3.63) is 15.8 Å². The van der Waals surface area contributed by atoms with Crippen LogP contribution in [0.4, 0.5) is 0 Å². The maximum Gasteiger partial charge on any atom is 0.345 e. The minimum absolute atomic E-state index is 0.0227. The normalized spacial score (nSPS) is 12.6. The van der Waals surface area contributed by atoms with Gasteiger partial charge in [0.25, 0.3) is 0 Å². The topological polar surface area (TPSA) is 104 Å². The zero-order valence-electron chi connectivity index (χ0n) is 11.6. The highest BCUT2D eigenvalue weighted by Gasteiger charge is 2.33. The molecular formula is C12H19NO5S2. The van der Waals surface area contributed by atoms with Crippen molar-refractivity contribution in [2.75, 3.05) is 6.61 Å². The molecule has 0 saturated heterocycles. The summed E-state index contributed by atoms with van der Waals surface area (Å²) in [6, 6.07) is 1.15. The van der Waals surface area contributed by atoms with Crippen molar-refractivity contribution < 1.29 is 23.4 Å². The lowest BCUT2D eigenvalue weighted by Crippen LogP contribution is -2.50. The highest BCUT2D eigenvalue weighted by molar-refractivity contribution is 7.89. The van der Waals surface area contributed by atoms with Gasteiger partial charge in [0.2, 0.25) is 10.0 Å². The van der Waals surface area contributed by atoms with E-state index in [1.807, 2.05) is 0 Å². The van der Waals surface area contributed by atoms with Gasteiger partial charge in [-0.25, -0.2) is 17.9 Å². The third-order valence-corrected chi connectivity index (χ3v) is 6.25. The van der Waals surface area contributed by atoms with Gasteiger partial charge in [-0.05, 0) is 25.8 Å². The molecule has 0 aliphatic heterocycles. The Balaban J connectivity index is 3.20. The Bertz CT molecular complexity index is 579. The van der Waals surface area contributed by atoms with E-state index < -0.39 is 21.5 Å². The number of nitrogens with one attached hydrogen (secondary N) is 1. The SMILES string of the molecule is CCC(CC)(CO)NS(=O)(=O)c1cc(C(=O)O)sc1C. The van der Waals surface area contributed by atoms with Gasteiger partial charge in [-0.15, -0.1) is 11.3 Å². The number of hydrogen-bond donors (Lipinski definition) is 3. The highest BCUT2D eigenvalue weighted by atomic mass is 32.2. The molecule has 1 aromatic heterocycles. The Hall–Kier alpha value is -0.960. The molecule has 6 nitrogen and oxygen atoms in total. The quantitative estimate of drug-likeness (QED) is 0.707. The first kappa shape index (κ1) is 17.1. The van der Waals surface area contributed by atoms with Crippen LogP contribution in [-0.4, -0.2) is 36.7 Å². The van der Waals surface area contributed by atoms with Crippen molar-refractivity contribution in [2.45, 2.75) is 44.0 Å². The lowest BCUT2D eigenvalue weighted by Gasteiger charge is -2.30. The second-order valence-corrected chi connectivity index (χ2v) is 7.49. The van der Waals surface area contributed by atoms with Crippen molar-refractivity contribution in [1.29, 1.82) is 0 Å². The number of aryl methyl sites for hydroxylation is 1. The first-order valence-corrected chi connectivity index (χ1v) is 8.50. The van der Waals surface area contributed by atoms with Crippen LogP contribution >= 0.6 is 11.3 Å². The number of carbonyl (C=O) groups is 1. The second kappa shape index (κ2) is 6.21. The van der Waals surface area contributed by atoms with Crippen molar-refractivity contribution in [3.8, 4) is 0 Å². The van der Waals surface area contributed by atoms with Crippen molar-refractivity contribution >= 4 is 27.3 Å². The van der Waals surface area contributed by atoms with Gasteiger partial charge in [-0.3, -0.25) is 0 Å². The number of hydrogen-bond acceptors (Lipinski definition) is 5. The summed E-state index contributed by atoms with van der Waals surface area (Å²) in [7, 11) is -3.86. The molecule has 0 aliphatic carbocycles. The van der Waals surface area contributed by atoms with Crippen molar-refractivity contribution in [1.82, 2.24) is 4.72 Å². The van der Waals surface area contributed by atoms with Crippen LogP contribution < -0.4 is 4.72 Å². The average molecular weight is 321 g/mol. The highest BCUT2D eigenvalue weighted by Crippen LogP contribution is 2.27. The fourth-order valence-corrected chi connectivity index (χ4v) is 4.79. The van der Waals surface area contributed by atoms with Crippen LogP contribution in [0.3, 0.4) is 0 Å². The Morgan fingerprint density at radius 2 is 1.95 bits per heavy atom. The standard InChI is InChI=1S/C12H19NO5S2/c1-4-12(5-2,7-14)13-20(17,18)10-6-9(11(15)16)19-8(10)3/h6,13-14H,4-5,7H2,1-3H3,(H,15,16). The monoisotopic (exact) mass is 321 g/mol. The van der Waals surface area contributed by atoms with Gasteiger partial charge in [0.1, 0.15) is 4.88 Å². The van der Waals surface area contributed by atoms with Gasteiger partial charge in [0, 0.05) is 4.88 Å². The number of aliphatic hydroxyl groups is 1. The molecule has 1 rings (SSSR count). The van der Waals surface area contributed by atoms with E-state index in [-0.39, 0.29) is 16.4 Å². The average Bonchev–Trinajstić information content (AvgIpc) is 2.79. The van der Waals surface area contributed by atoms with E-state index in [4.69, 9.17) is 5.11 Å². The van der Waals surface area contributed by atoms with Gasteiger partial charge < -0.3 is 10.2 Å². The van der Waals surface area contributed by atoms with E-state index in [9.17, 15) is 18.3 Å². The van der Waals surface area contributed by atoms with Crippen LogP contribution in [0, 0.1) is 6.92 Å². The zero-order chi connectivity index (χ0) is 15.6. The Morgan fingerprint density at radius 1 is 1.40 bits per heavy atom. The van der Waals surface area contributed by atoms with Crippen LogP contribution in [0.15, 0.2) is 11.0 Å². The van der Waals surface area contributed by atoms with E-state index in [1.54, 1.807) is 20.8 Å². The summed E-state index contributed by atoms with van der Waals surface area (Å²) in [5.41, 5.74) is -0.920. The van der Waals surface area contributed by atoms with Crippen molar-refractivity contribution in [3.63, 3.8) is 0 Å². The molecule has 0 unspecified atom stereocenters. The summed E-state index contributed by atoms with van der Waals surface area (Å²) in [6.45, 7) is 4.81. The van der Waals surface area contributed by atoms with E-state index in [0.29, 0.717) is 17.7 Å². The van der Waals surface area contributed by atoms with Crippen LogP contribution in [-0.2, 0) is 10.0 Å². The summed E-state index contributed by atoms with van der Waals surface area (Å²) >= 11 is 0.917. The summed E-state index contributed by atoms with van der Waals surface area (Å²) < 4.78 is 27.2. The first-order chi connectivity index (χ1) is 9.21. The van der Waals surface area contributed by atoms with Gasteiger partial charge in [-0.2, -0.15) is 0 Å². The maximum atomic E-state index is 12.4. The number of thiophene rings is 1. The number of carboxylic acid groups (broad SMARTS) is 1. The lowest BCUT2D eigenvalue weighted by atomic mass is 9.96. The molecule has 114 valence electrons. The minimum atomic E-state index is -3.86. The molecule has 0 atom stereocenters. The van der Waals surface area contributed by atoms with E-state index in [2.05, 4.69) is 4.72 Å². The Morgan fingerprint density at radius 3 is 2.30 bits per heavy atom. The molecule has 0 saturated carbocycles. The summed E-state index contributed by atoms with van der Waals surface area (Å²) in [6.07, 6.45) is 0.877. The number of rotatable bonds is 7. The summed E-state index contributed by atoms with van der Waals surface area (Å²) in [4.78, 5) is 11.2. The molecule has 1 aromatic rings. The van der Waals surface area contributed by atoms with Crippen LogP contribution in [0.1, 0.15) is 41.2 Å². The minimum Gasteiger partial charge on any atom is -0.477 e. The molecule has 0 aliphatic rings. The molecule has 20 heavy (non-hydrogen) atoms. The number of carboxylic acids is 1. The van der Waals surface area contributed by atoms with E-state index >= 15 is 0 Å². The third-order valence-electron chi connectivity index (χ3n) is 3.38. The molecule has 0 bridgehead atoms. The lowest BCUT2D eigenvalue weighted by molar-refractivity contribution is 0.0702. The van der Waals surface area contributed by atoms with E-state index in [1.165, 1.54) is 0 Å². The van der Waals surface area contributed by atoms with E-state index in [0.717, 1.165) is 17.4 Å².